The summed E-state index contributed by atoms with van der Waals surface area (Å²) in [6, 6.07) is 23.0. The average molecular weight is 276 g/mol. The van der Waals surface area contributed by atoms with Crippen molar-refractivity contribution in [1.29, 1.82) is 0 Å². The third-order valence-electron chi connectivity index (χ3n) is 3.20. The highest BCUT2D eigenvalue weighted by Gasteiger charge is 2.05. The van der Waals surface area contributed by atoms with E-state index in [0.29, 0.717) is 11.4 Å². The summed E-state index contributed by atoms with van der Waals surface area (Å²) in [5.74, 6) is 1.44. The van der Waals surface area contributed by atoms with Gasteiger partial charge < -0.3 is 16.2 Å². The first-order chi connectivity index (χ1) is 10.2. The molecular formula is C18H16N2O. The zero-order valence-electron chi connectivity index (χ0n) is 11.5. The summed E-state index contributed by atoms with van der Waals surface area (Å²) >= 11 is 0. The summed E-state index contributed by atoms with van der Waals surface area (Å²) in [7, 11) is 0. The van der Waals surface area contributed by atoms with Crippen molar-refractivity contribution < 1.29 is 4.74 Å². The Hall–Kier alpha value is -2.94. The van der Waals surface area contributed by atoms with Gasteiger partial charge in [-0.05, 0) is 35.9 Å². The molecule has 0 bridgehead atoms. The van der Waals surface area contributed by atoms with Crippen molar-refractivity contribution in [2.75, 3.05) is 11.5 Å². The lowest BCUT2D eigenvalue weighted by molar-refractivity contribution is 0.483. The van der Waals surface area contributed by atoms with Crippen molar-refractivity contribution in [3.8, 4) is 22.6 Å². The molecule has 0 saturated heterocycles. The minimum atomic E-state index is 0.672. The number of anilines is 2. The molecule has 0 aliphatic rings. The molecule has 4 N–H and O–H groups in total. The molecule has 0 aliphatic heterocycles. The summed E-state index contributed by atoms with van der Waals surface area (Å²) in [4.78, 5) is 0. The Morgan fingerprint density at radius 3 is 2.19 bits per heavy atom. The van der Waals surface area contributed by atoms with Crippen molar-refractivity contribution in [1.82, 2.24) is 0 Å². The van der Waals surface area contributed by atoms with Gasteiger partial charge in [0.1, 0.15) is 11.5 Å². The number of benzene rings is 3. The third-order valence-corrected chi connectivity index (χ3v) is 3.20. The molecule has 3 aromatic carbocycles. The largest absolute Gasteiger partial charge is 0.457 e. The molecule has 0 radical (unpaired) electrons. The van der Waals surface area contributed by atoms with Crippen molar-refractivity contribution >= 4 is 11.4 Å². The summed E-state index contributed by atoms with van der Waals surface area (Å²) in [5, 5.41) is 0. The molecular weight excluding hydrogens is 260 g/mol. The fourth-order valence-corrected chi connectivity index (χ4v) is 2.18. The second-order valence-electron chi connectivity index (χ2n) is 4.79. The van der Waals surface area contributed by atoms with E-state index in [-0.39, 0.29) is 0 Å². The highest BCUT2D eigenvalue weighted by Crippen LogP contribution is 2.32. The molecule has 0 amide bonds. The molecule has 3 nitrogen and oxygen atoms in total. The van der Waals surface area contributed by atoms with E-state index in [0.717, 1.165) is 22.6 Å². The Bertz CT molecular complexity index is 754. The highest BCUT2D eigenvalue weighted by atomic mass is 16.5. The molecule has 21 heavy (non-hydrogen) atoms. The second kappa shape index (κ2) is 5.59. The summed E-state index contributed by atoms with van der Waals surface area (Å²) < 4.78 is 5.84. The topological polar surface area (TPSA) is 61.3 Å². The van der Waals surface area contributed by atoms with Gasteiger partial charge in [0.15, 0.2) is 0 Å². The zero-order chi connectivity index (χ0) is 14.7. The molecule has 0 saturated carbocycles. The van der Waals surface area contributed by atoms with Gasteiger partial charge in [-0.15, -0.1) is 0 Å². The Morgan fingerprint density at radius 2 is 1.43 bits per heavy atom. The van der Waals surface area contributed by atoms with Crippen LogP contribution in [-0.2, 0) is 0 Å². The first kappa shape index (κ1) is 13.1. The lowest BCUT2D eigenvalue weighted by Crippen LogP contribution is -1.92. The van der Waals surface area contributed by atoms with Crippen LogP contribution >= 0.6 is 0 Å². The van der Waals surface area contributed by atoms with E-state index >= 15 is 0 Å². The minimum absolute atomic E-state index is 0.672. The van der Waals surface area contributed by atoms with E-state index in [4.69, 9.17) is 16.2 Å². The predicted molar refractivity (Wildman–Crippen MR) is 87.2 cm³/mol. The molecule has 0 aliphatic carbocycles. The summed E-state index contributed by atoms with van der Waals surface area (Å²) in [6.07, 6.45) is 0. The quantitative estimate of drug-likeness (QED) is 0.701. The SMILES string of the molecule is Nc1cccc(Oc2ccc(N)c(-c3ccccc3)c2)c1. The average Bonchev–Trinajstić information content (AvgIpc) is 2.50. The molecule has 0 aromatic heterocycles. The van der Waals surface area contributed by atoms with E-state index in [2.05, 4.69) is 0 Å². The number of hydrogen-bond donors (Lipinski definition) is 2. The van der Waals surface area contributed by atoms with Crippen LogP contribution in [0.3, 0.4) is 0 Å². The number of hydrogen-bond acceptors (Lipinski definition) is 3. The van der Waals surface area contributed by atoms with Crippen LogP contribution in [-0.4, -0.2) is 0 Å². The Morgan fingerprint density at radius 1 is 0.667 bits per heavy atom. The van der Waals surface area contributed by atoms with Crippen LogP contribution in [0.25, 0.3) is 11.1 Å². The predicted octanol–water partition coefficient (Wildman–Crippen LogP) is 4.31. The number of nitrogen functional groups attached to an aromatic ring is 2. The smallest absolute Gasteiger partial charge is 0.129 e. The van der Waals surface area contributed by atoms with Crippen molar-refractivity contribution in [2.45, 2.75) is 0 Å². The molecule has 0 atom stereocenters. The van der Waals surface area contributed by atoms with Gasteiger partial charge in [0.2, 0.25) is 0 Å². The first-order valence-electron chi connectivity index (χ1n) is 6.71. The number of nitrogens with two attached hydrogens (primary N) is 2. The normalized spacial score (nSPS) is 10.3. The van der Waals surface area contributed by atoms with Gasteiger partial charge in [0.25, 0.3) is 0 Å². The second-order valence-corrected chi connectivity index (χ2v) is 4.79. The van der Waals surface area contributed by atoms with Crippen molar-refractivity contribution in [3.63, 3.8) is 0 Å². The Kier molecular flexibility index (Phi) is 3.48. The van der Waals surface area contributed by atoms with Gasteiger partial charge >= 0.3 is 0 Å². The maximum Gasteiger partial charge on any atom is 0.129 e. The standard InChI is InChI=1S/C18H16N2O/c19-14-7-4-8-15(11-14)21-16-9-10-18(20)17(12-16)13-5-2-1-3-6-13/h1-12H,19-20H2. The molecule has 3 heteroatoms. The van der Waals surface area contributed by atoms with Crippen molar-refractivity contribution in [2.24, 2.45) is 0 Å². The number of ether oxygens (including phenoxy) is 1. The van der Waals surface area contributed by atoms with E-state index in [1.807, 2.05) is 66.7 Å². The molecule has 0 spiro atoms. The monoisotopic (exact) mass is 276 g/mol. The summed E-state index contributed by atoms with van der Waals surface area (Å²) in [5.41, 5.74) is 15.2. The maximum absolute atomic E-state index is 6.06. The van der Waals surface area contributed by atoms with Crippen LogP contribution in [0.5, 0.6) is 11.5 Å². The van der Waals surface area contributed by atoms with Crippen LogP contribution in [0.2, 0.25) is 0 Å². The van der Waals surface area contributed by atoms with Gasteiger partial charge in [-0.25, -0.2) is 0 Å². The molecule has 3 rings (SSSR count). The van der Waals surface area contributed by atoms with Crippen molar-refractivity contribution in [3.05, 3.63) is 72.8 Å². The van der Waals surface area contributed by atoms with E-state index < -0.39 is 0 Å². The Labute approximate surface area is 123 Å². The van der Waals surface area contributed by atoms with Gasteiger partial charge in [-0.1, -0.05) is 36.4 Å². The van der Waals surface area contributed by atoms with Gasteiger partial charge in [0.05, 0.1) is 0 Å². The van der Waals surface area contributed by atoms with E-state index in [9.17, 15) is 0 Å². The van der Waals surface area contributed by atoms with Gasteiger partial charge in [-0.3, -0.25) is 0 Å². The van der Waals surface area contributed by atoms with Crippen LogP contribution in [0.4, 0.5) is 11.4 Å². The lowest BCUT2D eigenvalue weighted by atomic mass is 10.0. The molecule has 104 valence electrons. The first-order valence-corrected chi connectivity index (χ1v) is 6.71. The lowest BCUT2D eigenvalue weighted by Gasteiger charge is -2.10. The van der Waals surface area contributed by atoms with Crippen LogP contribution in [0.15, 0.2) is 72.8 Å². The molecule has 3 aromatic rings. The highest BCUT2D eigenvalue weighted by molar-refractivity contribution is 5.77. The van der Waals surface area contributed by atoms with Crippen LogP contribution < -0.4 is 16.2 Å². The fraction of sp³-hybridized carbons (Fsp3) is 0. The van der Waals surface area contributed by atoms with Crippen LogP contribution in [0, 0.1) is 0 Å². The van der Waals surface area contributed by atoms with Crippen LogP contribution in [0.1, 0.15) is 0 Å². The molecule has 0 unspecified atom stereocenters. The summed E-state index contributed by atoms with van der Waals surface area (Å²) in [6.45, 7) is 0. The van der Waals surface area contributed by atoms with Gasteiger partial charge in [-0.2, -0.15) is 0 Å². The molecule has 0 fully saturated rings. The third kappa shape index (κ3) is 2.98. The van der Waals surface area contributed by atoms with Gasteiger partial charge in [0, 0.05) is 23.0 Å². The number of rotatable bonds is 3. The Balaban J connectivity index is 1.94. The minimum Gasteiger partial charge on any atom is -0.457 e. The fourth-order valence-electron chi connectivity index (χ4n) is 2.18. The zero-order valence-corrected chi connectivity index (χ0v) is 11.5. The maximum atomic E-state index is 6.06. The van der Waals surface area contributed by atoms with E-state index in [1.165, 1.54) is 0 Å². The molecule has 0 heterocycles. The van der Waals surface area contributed by atoms with E-state index in [1.54, 1.807) is 6.07 Å².